The SMILES string of the molecule is CCCC(O)(C(=O)O)C(C)c1ccc(C)s1. The van der Waals surface area contributed by atoms with E-state index in [0.717, 1.165) is 9.75 Å². The molecule has 1 heterocycles. The van der Waals surface area contributed by atoms with Gasteiger partial charge in [0.25, 0.3) is 0 Å². The number of thiophene rings is 1. The van der Waals surface area contributed by atoms with Gasteiger partial charge in [-0.05, 0) is 25.5 Å². The van der Waals surface area contributed by atoms with Crippen LogP contribution in [-0.2, 0) is 4.79 Å². The number of carboxylic acids is 1. The zero-order valence-corrected chi connectivity index (χ0v) is 10.7. The molecule has 0 fully saturated rings. The van der Waals surface area contributed by atoms with Crippen LogP contribution in [0.2, 0.25) is 0 Å². The summed E-state index contributed by atoms with van der Waals surface area (Å²) in [6.45, 7) is 5.62. The maximum atomic E-state index is 11.2. The first-order valence-electron chi connectivity index (χ1n) is 5.44. The Hall–Kier alpha value is -0.870. The Morgan fingerprint density at radius 3 is 2.56 bits per heavy atom. The number of aliphatic hydroxyl groups is 1. The Labute approximate surface area is 99.7 Å². The number of hydrogen-bond acceptors (Lipinski definition) is 3. The molecule has 2 N–H and O–H groups in total. The maximum Gasteiger partial charge on any atom is 0.336 e. The topological polar surface area (TPSA) is 57.5 Å². The lowest BCUT2D eigenvalue weighted by Crippen LogP contribution is -2.43. The summed E-state index contributed by atoms with van der Waals surface area (Å²) >= 11 is 1.54. The smallest absolute Gasteiger partial charge is 0.336 e. The van der Waals surface area contributed by atoms with Gasteiger partial charge < -0.3 is 10.2 Å². The van der Waals surface area contributed by atoms with Crippen molar-refractivity contribution in [2.45, 2.75) is 45.1 Å². The van der Waals surface area contributed by atoms with E-state index in [9.17, 15) is 9.90 Å². The van der Waals surface area contributed by atoms with Gasteiger partial charge in [0.1, 0.15) is 0 Å². The van der Waals surface area contributed by atoms with E-state index >= 15 is 0 Å². The Morgan fingerprint density at radius 1 is 1.56 bits per heavy atom. The van der Waals surface area contributed by atoms with E-state index in [0.29, 0.717) is 6.42 Å². The van der Waals surface area contributed by atoms with E-state index in [2.05, 4.69) is 0 Å². The molecule has 0 bridgehead atoms. The molecular weight excluding hydrogens is 224 g/mol. The van der Waals surface area contributed by atoms with Crippen molar-refractivity contribution in [1.82, 2.24) is 0 Å². The molecule has 1 aromatic rings. The molecule has 2 unspecified atom stereocenters. The quantitative estimate of drug-likeness (QED) is 0.834. The molecule has 0 saturated heterocycles. The van der Waals surface area contributed by atoms with Crippen molar-refractivity contribution < 1.29 is 15.0 Å². The molecule has 0 aliphatic heterocycles. The van der Waals surface area contributed by atoms with Crippen LogP contribution in [0.15, 0.2) is 12.1 Å². The molecular formula is C12H18O3S. The van der Waals surface area contributed by atoms with E-state index < -0.39 is 11.6 Å². The molecule has 0 aliphatic carbocycles. The molecule has 0 saturated carbocycles. The molecule has 0 aromatic carbocycles. The summed E-state index contributed by atoms with van der Waals surface area (Å²) in [6.07, 6.45) is 0.929. The standard InChI is InChI=1S/C12H18O3S/c1-4-7-12(15,11(13)14)9(3)10-6-5-8(2)16-10/h5-6,9,15H,4,7H2,1-3H3,(H,13,14). The summed E-state index contributed by atoms with van der Waals surface area (Å²) in [7, 11) is 0. The first-order valence-corrected chi connectivity index (χ1v) is 6.25. The third kappa shape index (κ3) is 2.44. The monoisotopic (exact) mass is 242 g/mol. The van der Waals surface area contributed by atoms with Gasteiger partial charge in [-0.3, -0.25) is 0 Å². The van der Waals surface area contributed by atoms with Crippen LogP contribution in [0.4, 0.5) is 0 Å². The average molecular weight is 242 g/mol. The van der Waals surface area contributed by atoms with E-state index in [1.807, 2.05) is 26.0 Å². The van der Waals surface area contributed by atoms with Crippen molar-refractivity contribution in [2.24, 2.45) is 0 Å². The molecule has 2 atom stereocenters. The molecule has 90 valence electrons. The summed E-state index contributed by atoms with van der Waals surface area (Å²) in [6, 6.07) is 3.85. The molecule has 0 spiro atoms. The first kappa shape index (κ1) is 13.2. The second kappa shape index (κ2) is 4.97. The van der Waals surface area contributed by atoms with Crippen LogP contribution < -0.4 is 0 Å². The number of hydrogen-bond donors (Lipinski definition) is 2. The van der Waals surface area contributed by atoms with Gasteiger partial charge in [0.15, 0.2) is 5.60 Å². The van der Waals surface area contributed by atoms with Gasteiger partial charge in [-0.2, -0.15) is 0 Å². The highest BCUT2D eigenvalue weighted by Gasteiger charge is 2.42. The Balaban J connectivity index is 2.99. The van der Waals surface area contributed by atoms with E-state index in [4.69, 9.17) is 5.11 Å². The predicted molar refractivity (Wildman–Crippen MR) is 65.0 cm³/mol. The van der Waals surface area contributed by atoms with E-state index in [-0.39, 0.29) is 12.3 Å². The number of carbonyl (C=O) groups is 1. The van der Waals surface area contributed by atoms with Crippen LogP contribution in [-0.4, -0.2) is 21.8 Å². The van der Waals surface area contributed by atoms with Crippen LogP contribution in [0.3, 0.4) is 0 Å². The zero-order valence-electron chi connectivity index (χ0n) is 9.86. The molecule has 0 radical (unpaired) electrons. The lowest BCUT2D eigenvalue weighted by atomic mass is 9.84. The lowest BCUT2D eigenvalue weighted by molar-refractivity contribution is -0.161. The summed E-state index contributed by atoms with van der Waals surface area (Å²) in [4.78, 5) is 13.2. The van der Waals surface area contributed by atoms with Gasteiger partial charge in [0.05, 0.1) is 0 Å². The molecule has 0 aliphatic rings. The Bertz CT molecular complexity index is 372. The first-order chi connectivity index (χ1) is 7.41. The van der Waals surface area contributed by atoms with Gasteiger partial charge in [0, 0.05) is 15.7 Å². The largest absolute Gasteiger partial charge is 0.479 e. The number of aryl methyl sites for hydroxylation is 1. The molecule has 4 heteroatoms. The van der Waals surface area contributed by atoms with Gasteiger partial charge in [-0.15, -0.1) is 11.3 Å². The van der Waals surface area contributed by atoms with Crippen LogP contribution in [0.1, 0.15) is 42.4 Å². The zero-order chi connectivity index (χ0) is 12.3. The van der Waals surface area contributed by atoms with E-state index in [1.165, 1.54) is 0 Å². The fraction of sp³-hybridized carbons (Fsp3) is 0.583. The van der Waals surface area contributed by atoms with Crippen molar-refractivity contribution in [3.63, 3.8) is 0 Å². The van der Waals surface area contributed by atoms with Crippen LogP contribution in [0.5, 0.6) is 0 Å². The van der Waals surface area contributed by atoms with Gasteiger partial charge >= 0.3 is 5.97 Å². The summed E-state index contributed by atoms with van der Waals surface area (Å²) < 4.78 is 0. The predicted octanol–water partition coefficient (Wildman–Crippen LogP) is 2.78. The molecule has 1 aromatic heterocycles. The summed E-state index contributed by atoms with van der Waals surface area (Å²) in [5.41, 5.74) is -1.65. The van der Waals surface area contributed by atoms with E-state index in [1.54, 1.807) is 18.3 Å². The normalized spacial score (nSPS) is 16.8. The Morgan fingerprint density at radius 2 is 2.19 bits per heavy atom. The van der Waals surface area contributed by atoms with Crippen molar-refractivity contribution >= 4 is 17.3 Å². The van der Waals surface area contributed by atoms with Gasteiger partial charge in [0.2, 0.25) is 0 Å². The minimum absolute atomic E-state index is 0.278. The fourth-order valence-corrected chi connectivity index (χ4v) is 2.83. The fourth-order valence-electron chi connectivity index (χ4n) is 1.81. The molecule has 1 rings (SSSR count). The third-order valence-corrected chi connectivity index (χ3v) is 4.09. The number of aliphatic carboxylic acids is 1. The summed E-state index contributed by atoms with van der Waals surface area (Å²) in [5, 5.41) is 19.4. The van der Waals surface area contributed by atoms with Crippen LogP contribution >= 0.6 is 11.3 Å². The average Bonchev–Trinajstić information content (AvgIpc) is 2.63. The lowest BCUT2D eigenvalue weighted by Gasteiger charge is -2.29. The molecule has 3 nitrogen and oxygen atoms in total. The van der Waals surface area contributed by atoms with Crippen molar-refractivity contribution in [2.75, 3.05) is 0 Å². The molecule has 0 amide bonds. The Kier molecular flexibility index (Phi) is 4.10. The van der Waals surface area contributed by atoms with Gasteiger partial charge in [-0.1, -0.05) is 20.3 Å². The highest BCUT2D eigenvalue weighted by atomic mass is 32.1. The van der Waals surface area contributed by atoms with Crippen LogP contribution in [0, 0.1) is 6.92 Å². The minimum Gasteiger partial charge on any atom is -0.479 e. The highest BCUT2D eigenvalue weighted by Crippen LogP contribution is 2.35. The van der Waals surface area contributed by atoms with Crippen molar-refractivity contribution in [1.29, 1.82) is 0 Å². The number of carboxylic acid groups (broad SMARTS) is 1. The summed E-state index contributed by atoms with van der Waals surface area (Å²) in [5.74, 6) is -1.50. The minimum atomic E-state index is -1.65. The van der Waals surface area contributed by atoms with Crippen molar-refractivity contribution in [3.05, 3.63) is 21.9 Å². The maximum absolute atomic E-state index is 11.2. The number of rotatable bonds is 5. The second-order valence-electron chi connectivity index (χ2n) is 4.15. The molecule has 16 heavy (non-hydrogen) atoms. The van der Waals surface area contributed by atoms with Crippen molar-refractivity contribution in [3.8, 4) is 0 Å². The third-order valence-electron chi connectivity index (χ3n) is 2.91. The highest BCUT2D eigenvalue weighted by molar-refractivity contribution is 7.12. The van der Waals surface area contributed by atoms with Crippen LogP contribution in [0.25, 0.3) is 0 Å². The second-order valence-corrected chi connectivity index (χ2v) is 5.47. The van der Waals surface area contributed by atoms with Gasteiger partial charge in [-0.25, -0.2) is 4.79 Å².